The first-order valence-corrected chi connectivity index (χ1v) is 11.2. The van der Waals surface area contributed by atoms with Crippen molar-refractivity contribution in [3.05, 3.63) is 59.0 Å². The van der Waals surface area contributed by atoms with E-state index in [1.54, 1.807) is 53.0 Å². The molecule has 0 aliphatic carbocycles. The third-order valence-corrected chi connectivity index (χ3v) is 5.55. The monoisotopic (exact) mass is 463 g/mol. The molecule has 0 radical (unpaired) electrons. The average molecular weight is 464 g/mol. The molecule has 1 aliphatic heterocycles. The van der Waals surface area contributed by atoms with Crippen LogP contribution in [-0.2, 0) is 16.1 Å². The van der Waals surface area contributed by atoms with E-state index in [0.717, 1.165) is 28.8 Å². The molecule has 0 spiro atoms. The van der Waals surface area contributed by atoms with Crippen LogP contribution in [0.4, 0.5) is 0 Å². The minimum Gasteiger partial charge on any atom is -0.497 e. The highest BCUT2D eigenvalue weighted by molar-refractivity contribution is 6.15. The van der Waals surface area contributed by atoms with E-state index in [0.29, 0.717) is 22.6 Å². The highest BCUT2D eigenvalue weighted by Crippen LogP contribution is 2.40. The van der Waals surface area contributed by atoms with Crippen molar-refractivity contribution in [3.63, 3.8) is 0 Å². The maximum atomic E-state index is 13.1. The van der Waals surface area contributed by atoms with Gasteiger partial charge in [-0.1, -0.05) is 0 Å². The summed E-state index contributed by atoms with van der Waals surface area (Å²) in [4.78, 5) is 25.1. The van der Waals surface area contributed by atoms with Gasteiger partial charge in [-0.25, -0.2) is 4.79 Å². The lowest BCUT2D eigenvalue weighted by Gasteiger charge is -2.19. The number of Topliss-reactive ketones (excluding diaryl/α,β-unsaturated/α-hetero) is 1. The molecule has 7 heteroatoms. The van der Waals surface area contributed by atoms with Gasteiger partial charge in [-0.15, -0.1) is 0 Å². The second kappa shape index (κ2) is 8.89. The Hall–Kier alpha value is -3.74. The Morgan fingerprint density at radius 3 is 2.62 bits per heavy atom. The van der Waals surface area contributed by atoms with Crippen LogP contribution in [0.1, 0.15) is 49.2 Å². The molecule has 1 aliphatic rings. The van der Waals surface area contributed by atoms with Gasteiger partial charge in [-0.2, -0.15) is 0 Å². The summed E-state index contributed by atoms with van der Waals surface area (Å²) in [6.07, 6.45) is 3.76. The Balaban J connectivity index is 1.62. The fourth-order valence-corrected chi connectivity index (χ4v) is 3.98. The second-order valence-corrected chi connectivity index (χ2v) is 9.13. The lowest BCUT2D eigenvalue weighted by atomic mass is 10.1. The second-order valence-electron chi connectivity index (χ2n) is 9.13. The lowest BCUT2D eigenvalue weighted by Crippen LogP contribution is -2.27. The highest BCUT2D eigenvalue weighted by Gasteiger charge is 2.31. The standard InChI is InChI=1S/C27H29NO6/c1-7-28-14-17(20-13-18(31-6)8-10-21(20)28)12-23-25(30)19-9-11-22(16(2)26(19)33-23)32-15-24(29)34-27(3,4)5/h8-14H,7,15H2,1-6H3. The van der Waals surface area contributed by atoms with Gasteiger partial charge >= 0.3 is 5.97 Å². The molecule has 3 aromatic rings. The normalized spacial score (nSPS) is 14.3. The summed E-state index contributed by atoms with van der Waals surface area (Å²) in [5.41, 5.74) is 2.44. The van der Waals surface area contributed by atoms with E-state index in [9.17, 15) is 9.59 Å². The third kappa shape index (κ3) is 4.51. The Morgan fingerprint density at radius 2 is 1.94 bits per heavy atom. The number of carbonyl (C=O) groups excluding carboxylic acids is 2. The zero-order chi connectivity index (χ0) is 24.6. The fraction of sp³-hybridized carbons (Fsp3) is 0.333. The minimum atomic E-state index is -0.590. The molecule has 2 heterocycles. The highest BCUT2D eigenvalue weighted by atomic mass is 16.6. The number of hydrogen-bond donors (Lipinski definition) is 0. The first-order valence-electron chi connectivity index (χ1n) is 11.2. The van der Waals surface area contributed by atoms with Crippen molar-refractivity contribution in [1.82, 2.24) is 4.57 Å². The first kappa shape index (κ1) is 23.4. The fourth-order valence-electron chi connectivity index (χ4n) is 3.98. The molecule has 0 fully saturated rings. The molecule has 0 atom stereocenters. The van der Waals surface area contributed by atoms with Crippen LogP contribution < -0.4 is 14.2 Å². The van der Waals surface area contributed by atoms with Crippen LogP contribution in [0, 0.1) is 6.92 Å². The largest absolute Gasteiger partial charge is 0.497 e. The zero-order valence-corrected chi connectivity index (χ0v) is 20.4. The number of carbonyl (C=O) groups is 2. The molecular formula is C27H29NO6. The smallest absolute Gasteiger partial charge is 0.344 e. The maximum Gasteiger partial charge on any atom is 0.344 e. The van der Waals surface area contributed by atoms with Crippen LogP contribution in [0.2, 0.25) is 0 Å². The first-order chi connectivity index (χ1) is 16.1. The summed E-state index contributed by atoms with van der Waals surface area (Å²) >= 11 is 0. The van der Waals surface area contributed by atoms with Crippen molar-refractivity contribution in [2.45, 2.75) is 46.8 Å². The predicted octanol–water partition coefficient (Wildman–Crippen LogP) is 5.31. The van der Waals surface area contributed by atoms with E-state index in [-0.39, 0.29) is 18.1 Å². The maximum absolute atomic E-state index is 13.1. The van der Waals surface area contributed by atoms with Gasteiger partial charge in [0, 0.05) is 34.8 Å². The predicted molar refractivity (Wildman–Crippen MR) is 130 cm³/mol. The van der Waals surface area contributed by atoms with Crippen molar-refractivity contribution in [1.29, 1.82) is 0 Å². The van der Waals surface area contributed by atoms with E-state index in [1.807, 2.05) is 24.4 Å². The zero-order valence-electron chi connectivity index (χ0n) is 20.4. The number of ketones is 1. The number of esters is 1. The molecule has 0 amide bonds. The van der Waals surface area contributed by atoms with Gasteiger partial charge in [-0.3, -0.25) is 4.79 Å². The Bertz CT molecular complexity index is 1310. The molecule has 0 saturated carbocycles. The van der Waals surface area contributed by atoms with Crippen LogP contribution in [0.15, 0.2) is 42.3 Å². The number of aromatic nitrogens is 1. The molecule has 7 nitrogen and oxygen atoms in total. The molecular weight excluding hydrogens is 434 g/mol. The number of allylic oxidation sites excluding steroid dienone is 1. The van der Waals surface area contributed by atoms with E-state index in [2.05, 4.69) is 11.5 Å². The number of ether oxygens (including phenoxy) is 4. The van der Waals surface area contributed by atoms with Crippen LogP contribution in [0.3, 0.4) is 0 Å². The Kier molecular flexibility index (Phi) is 6.13. The van der Waals surface area contributed by atoms with Gasteiger partial charge in [0.05, 0.1) is 12.7 Å². The number of fused-ring (bicyclic) bond motifs is 2. The molecule has 0 unspecified atom stereocenters. The quantitative estimate of drug-likeness (QED) is 0.364. The third-order valence-electron chi connectivity index (χ3n) is 5.55. The Morgan fingerprint density at radius 1 is 1.18 bits per heavy atom. The van der Waals surface area contributed by atoms with Gasteiger partial charge < -0.3 is 23.5 Å². The lowest BCUT2D eigenvalue weighted by molar-refractivity contribution is -0.157. The van der Waals surface area contributed by atoms with Crippen LogP contribution in [0.25, 0.3) is 17.0 Å². The molecule has 34 heavy (non-hydrogen) atoms. The van der Waals surface area contributed by atoms with E-state index in [4.69, 9.17) is 18.9 Å². The van der Waals surface area contributed by atoms with Gasteiger partial charge in [0.1, 0.15) is 22.8 Å². The number of nitrogens with zero attached hydrogens (tertiary/aromatic N) is 1. The summed E-state index contributed by atoms with van der Waals surface area (Å²) in [6.45, 7) is 9.82. The van der Waals surface area contributed by atoms with E-state index < -0.39 is 11.6 Å². The molecule has 0 N–H and O–H groups in total. The number of rotatable bonds is 6. The summed E-state index contributed by atoms with van der Waals surface area (Å²) in [5, 5.41) is 0.971. The van der Waals surface area contributed by atoms with Crippen LogP contribution in [-0.4, -0.2) is 35.6 Å². The van der Waals surface area contributed by atoms with Crippen molar-refractivity contribution in [2.75, 3.05) is 13.7 Å². The SMILES string of the molecule is CCn1cc(C=C2Oc3c(ccc(OCC(=O)OC(C)(C)C)c3C)C2=O)c2cc(OC)ccc21. The van der Waals surface area contributed by atoms with E-state index in [1.165, 1.54) is 0 Å². The van der Waals surface area contributed by atoms with Gasteiger partial charge in [-0.05, 0) is 71.0 Å². The number of hydrogen-bond acceptors (Lipinski definition) is 6. The van der Waals surface area contributed by atoms with E-state index >= 15 is 0 Å². The molecule has 0 saturated heterocycles. The van der Waals surface area contributed by atoms with Crippen molar-refractivity contribution < 1.29 is 28.5 Å². The Labute approximate surface area is 198 Å². The molecule has 1 aromatic heterocycles. The summed E-state index contributed by atoms with van der Waals surface area (Å²) in [7, 11) is 1.63. The van der Waals surface area contributed by atoms with Crippen LogP contribution >= 0.6 is 0 Å². The molecule has 2 aromatic carbocycles. The molecule has 0 bridgehead atoms. The summed E-state index contributed by atoms with van der Waals surface area (Å²) in [5.74, 6) is 1.22. The number of methoxy groups -OCH3 is 1. The van der Waals surface area contributed by atoms with Crippen LogP contribution in [0.5, 0.6) is 17.2 Å². The van der Waals surface area contributed by atoms with Crippen molar-refractivity contribution in [3.8, 4) is 17.2 Å². The topological polar surface area (TPSA) is 76.0 Å². The molecule has 4 rings (SSSR count). The minimum absolute atomic E-state index is 0.197. The molecule has 178 valence electrons. The van der Waals surface area contributed by atoms with Crippen molar-refractivity contribution in [2.24, 2.45) is 0 Å². The number of aryl methyl sites for hydroxylation is 1. The van der Waals surface area contributed by atoms with Gasteiger partial charge in [0.2, 0.25) is 5.78 Å². The van der Waals surface area contributed by atoms with Crippen molar-refractivity contribution >= 4 is 28.7 Å². The van der Waals surface area contributed by atoms with Gasteiger partial charge in [0.25, 0.3) is 0 Å². The summed E-state index contributed by atoms with van der Waals surface area (Å²) in [6, 6.07) is 9.21. The van der Waals surface area contributed by atoms with Gasteiger partial charge in [0.15, 0.2) is 12.4 Å². The summed E-state index contributed by atoms with van der Waals surface area (Å²) < 4.78 is 24.4. The average Bonchev–Trinajstić information content (AvgIpc) is 3.30. The number of benzene rings is 2.